The van der Waals surface area contributed by atoms with Gasteiger partial charge in [-0.05, 0) is 19.1 Å². The third-order valence-electron chi connectivity index (χ3n) is 3.59. The van der Waals surface area contributed by atoms with Crippen LogP contribution in [0.1, 0.15) is 5.56 Å². The fourth-order valence-electron chi connectivity index (χ4n) is 2.28. The second kappa shape index (κ2) is 7.85. The highest BCUT2D eigenvalue weighted by Gasteiger charge is 2.20. The van der Waals surface area contributed by atoms with Gasteiger partial charge in [0.15, 0.2) is 6.73 Å². The van der Waals surface area contributed by atoms with Crippen molar-refractivity contribution in [3.63, 3.8) is 0 Å². The van der Waals surface area contributed by atoms with E-state index in [0.29, 0.717) is 6.54 Å². The first-order valence-electron chi connectivity index (χ1n) is 7.33. The number of ether oxygens (including phenoxy) is 1. The largest absolute Gasteiger partial charge is 0.473 e. The Morgan fingerprint density at radius 2 is 1.90 bits per heavy atom. The highest BCUT2D eigenvalue weighted by Crippen LogP contribution is 2.10. The summed E-state index contributed by atoms with van der Waals surface area (Å²) in [5, 5.41) is 2.78. The lowest BCUT2D eigenvalue weighted by atomic mass is 10.2. The Kier molecular flexibility index (Phi) is 5.83. The number of amides is 2. The van der Waals surface area contributed by atoms with E-state index < -0.39 is 0 Å². The zero-order valence-corrected chi connectivity index (χ0v) is 12.5. The van der Waals surface area contributed by atoms with Crippen molar-refractivity contribution in [3.05, 3.63) is 29.8 Å². The third-order valence-corrected chi connectivity index (χ3v) is 3.59. The quantitative estimate of drug-likeness (QED) is 0.780. The van der Waals surface area contributed by atoms with Gasteiger partial charge in [0.2, 0.25) is 0 Å². The molecule has 1 aromatic rings. The monoisotopic (exact) mass is 292 g/mol. The molecular weight excluding hydrogens is 268 g/mol. The molecule has 0 aromatic heterocycles. The number of rotatable bonds is 5. The maximum atomic E-state index is 12.0. The van der Waals surface area contributed by atoms with Crippen molar-refractivity contribution in [3.8, 4) is 5.75 Å². The first-order valence-corrected chi connectivity index (χ1v) is 7.33. The van der Waals surface area contributed by atoms with Crippen molar-refractivity contribution in [1.82, 2.24) is 15.1 Å². The molecule has 0 radical (unpaired) electrons. The number of benzene rings is 1. The summed E-state index contributed by atoms with van der Waals surface area (Å²) in [6, 6.07) is 7.68. The number of hydrogen-bond acceptors (Lipinski definition) is 4. The van der Waals surface area contributed by atoms with Crippen LogP contribution in [0.2, 0.25) is 0 Å². The van der Waals surface area contributed by atoms with Crippen LogP contribution in [0.15, 0.2) is 24.3 Å². The predicted octanol–water partition coefficient (Wildman–Crippen LogP) is 0.617. The lowest BCUT2D eigenvalue weighted by Gasteiger charge is -2.34. The molecule has 6 nitrogen and oxygen atoms in total. The lowest BCUT2D eigenvalue weighted by molar-refractivity contribution is 0.135. The molecule has 0 unspecified atom stereocenters. The van der Waals surface area contributed by atoms with E-state index in [1.54, 1.807) is 0 Å². The lowest BCUT2D eigenvalue weighted by Crippen LogP contribution is -2.52. The first-order chi connectivity index (χ1) is 10.2. The van der Waals surface area contributed by atoms with E-state index in [9.17, 15) is 4.79 Å². The van der Waals surface area contributed by atoms with Crippen LogP contribution in [0.5, 0.6) is 5.75 Å². The van der Waals surface area contributed by atoms with Crippen LogP contribution in [-0.4, -0.2) is 61.8 Å². The minimum absolute atomic E-state index is 0.0745. The topological polar surface area (TPSA) is 70.8 Å². The summed E-state index contributed by atoms with van der Waals surface area (Å²) in [5.41, 5.74) is 6.72. The Balaban J connectivity index is 1.67. The van der Waals surface area contributed by atoms with Crippen LogP contribution in [0, 0.1) is 6.92 Å². The van der Waals surface area contributed by atoms with Crippen molar-refractivity contribution in [2.75, 3.05) is 46.0 Å². The van der Waals surface area contributed by atoms with Gasteiger partial charge in [0.25, 0.3) is 0 Å². The summed E-state index contributed by atoms with van der Waals surface area (Å²) < 4.78 is 5.50. The molecule has 2 rings (SSSR count). The smallest absolute Gasteiger partial charge is 0.320 e. The zero-order valence-electron chi connectivity index (χ0n) is 12.5. The zero-order chi connectivity index (χ0) is 15.1. The number of piperazine rings is 1. The van der Waals surface area contributed by atoms with E-state index in [4.69, 9.17) is 10.5 Å². The van der Waals surface area contributed by atoms with Gasteiger partial charge in [0.05, 0.1) is 0 Å². The number of nitrogens with two attached hydrogens (primary N) is 1. The molecule has 0 saturated carbocycles. The van der Waals surface area contributed by atoms with Crippen molar-refractivity contribution in [1.29, 1.82) is 0 Å². The average molecular weight is 292 g/mol. The molecule has 0 bridgehead atoms. The van der Waals surface area contributed by atoms with E-state index in [1.165, 1.54) is 5.56 Å². The molecule has 21 heavy (non-hydrogen) atoms. The van der Waals surface area contributed by atoms with Gasteiger partial charge in [-0.1, -0.05) is 17.7 Å². The van der Waals surface area contributed by atoms with Gasteiger partial charge in [-0.15, -0.1) is 0 Å². The average Bonchev–Trinajstić information content (AvgIpc) is 2.50. The number of hydrogen-bond donors (Lipinski definition) is 2. The van der Waals surface area contributed by atoms with Crippen molar-refractivity contribution >= 4 is 6.03 Å². The van der Waals surface area contributed by atoms with E-state index in [2.05, 4.69) is 10.2 Å². The molecule has 6 heteroatoms. The molecule has 0 aliphatic carbocycles. The van der Waals surface area contributed by atoms with E-state index in [1.807, 2.05) is 36.1 Å². The minimum Gasteiger partial charge on any atom is -0.473 e. The summed E-state index contributed by atoms with van der Waals surface area (Å²) in [4.78, 5) is 16.1. The summed E-state index contributed by atoms with van der Waals surface area (Å²) in [5.74, 6) is 0.758. The summed E-state index contributed by atoms with van der Waals surface area (Å²) in [7, 11) is 0. The number of aryl methyl sites for hydroxylation is 1. The second-order valence-corrected chi connectivity index (χ2v) is 5.20. The highest BCUT2D eigenvalue weighted by molar-refractivity contribution is 5.74. The second-order valence-electron chi connectivity index (χ2n) is 5.20. The molecule has 0 atom stereocenters. The Labute approximate surface area is 125 Å². The van der Waals surface area contributed by atoms with Crippen molar-refractivity contribution < 1.29 is 9.53 Å². The number of carbonyl (C=O) groups excluding carboxylic acids is 1. The molecule has 2 amide bonds. The fraction of sp³-hybridized carbons (Fsp3) is 0.533. The molecule has 3 N–H and O–H groups in total. The van der Waals surface area contributed by atoms with Crippen molar-refractivity contribution in [2.45, 2.75) is 6.92 Å². The maximum absolute atomic E-state index is 12.0. The number of nitrogens with zero attached hydrogens (tertiary/aromatic N) is 2. The first kappa shape index (κ1) is 15.6. The van der Waals surface area contributed by atoms with Crippen LogP contribution < -0.4 is 15.8 Å². The van der Waals surface area contributed by atoms with Crippen LogP contribution in [0.3, 0.4) is 0 Å². The summed E-state index contributed by atoms with van der Waals surface area (Å²) in [6.45, 7) is 6.99. The Morgan fingerprint density at radius 3 is 2.52 bits per heavy atom. The summed E-state index contributed by atoms with van der Waals surface area (Å²) in [6.07, 6.45) is 0. The third kappa shape index (κ3) is 4.91. The van der Waals surface area contributed by atoms with Crippen LogP contribution >= 0.6 is 0 Å². The molecule has 116 valence electrons. The van der Waals surface area contributed by atoms with Crippen LogP contribution in [-0.2, 0) is 0 Å². The molecule has 1 aliphatic rings. The van der Waals surface area contributed by atoms with Gasteiger partial charge in [-0.3, -0.25) is 4.90 Å². The van der Waals surface area contributed by atoms with Gasteiger partial charge >= 0.3 is 6.03 Å². The molecular formula is C15H24N4O2. The molecule has 1 fully saturated rings. The predicted molar refractivity (Wildman–Crippen MR) is 82.3 cm³/mol. The number of urea groups is 1. The van der Waals surface area contributed by atoms with E-state index >= 15 is 0 Å². The van der Waals surface area contributed by atoms with Gasteiger partial charge < -0.3 is 20.7 Å². The number of carbonyl (C=O) groups is 1. The fourth-order valence-corrected chi connectivity index (χ4v) is 2.28. The SMILES string of the molecule is Cc1ccc(OCNC(=O)N2CCN(CCN)CC2)cc1. The molecule has 1 aromatic carbocycles. The maximum Gasteiger partial charge on any atom is 0.320 e. The molecule has 1 saturated heterocycles. The van der Waals surface area contributed by atoms with Crippen molar-refractivity contribution in [2.24, 2.45) is 5.73 Å². The number of nitrogens with one attached hydrogen (secondary N) is 1. The molecule has 1 heterocycles. The minimum atomic E-state index is -0.0745. The van der Waals surface area contributed by atoms with E-state index in [0.717, 1.165) is 38.5 Å². The molecule has 1 aliphatic heterocycles. The van der Waals surface area contributed by atoms with Crippen LogP contribution in [0.4, 0.5) is 4.79 Å². The van der Waals surface area contributed by atoms with Gasteiger partial charge in [0.1, 0.15) is 5.75 Å². The van der Waals surface area contributed by atoms with Gasteiger partial charge in [-0.2, -0.15) is 0 Å². The van der Waals surface area contributed by atoms with Gasteiger partial charge in [0, 0.05) is 39.3 Å². The Morgan fingerprint density at radius 1 is 1.24 bits per heavy atom. The standard InChI is InChI=1S/C15H24N4O2/c1-13-2-4-14(5-3-13)21-12-17-15(20)19-10-8-18(7-6-16)9-11-19/h2-5H,6-12,16H2,1H3,(H,17,20). The Hall–Kier alpha value is -1.79. The molecule has 0 spiro atoms. The highest BCUT2D eigenvalue weighted by atomic mass is 16.5. The van der Waals surface area contributed by atoms with Gasteiger partial charge in [-0.25, -0.2) is 4.79 Å². The van der Waals surface area contributed by atoms with Crippen LogP contribution in [0.25, 0.3) is 0 Å². The van der Waals surface area contributed by atoms with E-state index in [-0.39, 0.29) is 12.8 Å². The normalized spacial score (nSPS) is 15.8. The summed E-state index contributed by atoms with van der Waals surface area (Å²) >= 11 is 0. The Bertz CT molecular complexity index is 441.